The molecule has 3 aromatic rings. The Labute approximate surface area is 174 Å². The van der Waals surface area contributed by atoms with E-state index < -0.39 is 22.9 Å². The number of nitrogens with zero attached hydrogens (tertiary/aromatic N) is 3. The summed E-state index contributed by atoms with van der Waals surface area (Å²) in [6, 6.07) is 15.5. The molecule has 0 aliphatic carbocycles. The van der Waals surface area contributed by atoms with Crippen molar-refractivity contribution in [2.24, 2.45) is 4.99 Å². The number of rotatable bonds is 4. The summed E-state index contributed by atoms with van der Waals surface area (Å²) in [4.78, 5) is 8.24. The summed E-state index contributed by atoms with van der Waals surface area (Å²) >= 11 is 0. The summed E-state index contributed by atoms with van der Waals surface area (Å²) in [6.45, 7) is 0.622. The second-order valence-corrected chi connectivity index (χ2v) is 8.44. The summed E-state index contributed by atoms with van der Waals surface area (Å²) in [5.41, 5.74) is 3.34. The van der Waals surface area contributed by atoms with Crippen molar-refractivity contribution in [2.75, 3.05) is 17.9 Å². The minimum atomic E-state index is -4.45. The molecule has 2 heterocycles. The zero-order valence-corrected chi connectivity index (χ0v) is 17.0. The van der Waals surface area contributed by atoms with Gasteiger partial charge in [-0.1, -0.05) is 16.3 Å². The van der Waals surface area contributed by atoms with Crippen LogP contribution in [0.5, 0.6) is 0 Å². The third-order valence-corrected chi connectivity index (χ3v) is 6.54. The van der Waals surface area contributed by atoms with Crippen molar-refractivity contribution in [1.82, 2.24) is 4.98 Å². The largest absolute Gasteiger partial charge is 0.433 e. The van der Waals surface area contributed by atoms with Crippen LogP contribution in [0.1, 0.15) is 16.8 Å². The number of alkyl halides is 3. The molecular weight excluding hydrogens is 411 g/mol. The molecule has 30 heavy (non-hydrogen) atoms. The minimum Gasteiger partial charge on any atom is -0.296 e. The average molecular weight is 430 g/mol. The fraction of sp³-hybridized carbons (Fsp3) is 0.182. The Hall–Kier alpha value is -3.00. The van der Waals surface area contributed by atoms with Crippen molar-refractivity contribution >= 4 is 22.9 Å². The number of hydrogen-bond acceptors (Lipinski definition) is 3. The molecule has 2 aromatic carbocycles. The number of halogens is 3. The standard InChI is InChI=1S/C22H18F3N3OS/c1-26-13-15-2-6-19(7-3-15)30(29)28-11-10-17-12-16(4-8-20(17)28)18-5-9-21(27-14-18)22(23,24)25/h2-9,12-14H,10-11H2,1H3/p+1. The lowest BCUT2D eigenvalue weighted by Crippen LogP contribution is -2.22. The molecule has 1 unspecified atom stereocenters. The van der Waals surface area contributed by atoms with Gasteiger partial charge in [-0.05, 0) is 65.6 Å². The molecule has 0 radical (unpaired) electrons. The monoisotopic (exact) mass is 430 g/mol. The molecule has 4 nitrogen and oxygen atoms in total. The quantitative estimate of drug-likeness (QED) is 0.338. The summed E-state index contributed by atoms with van der Waals surface area (Å²) in [7, 11) is -0.0659. The molecule has 0 amide bonds. The third-order valence-electron chi connectivity index (χ3n) is 4.95. The van der Waals surface area contributed by atoms with Crippen LogP contribution in [0.2, 0.25) is 0 Å². The van der Waals surface area contributed by atoms with Crippen LogP contribution >= 0.6 is 0 Å². The van der Waals surface area contributed by atoms with Gasteiger partial charge in [0.1, 0.15) is 5.69 Å². The minimum absolute atomic E-state index is 0.613. The van der Waals surface area contributed by atoms with E-state index in [4.69, 9.17) is 0 Å². The number of thiol groups is 1. The lowest BCUT2D eigenvalue weighted by molar-refractivity contribution is -0.141. The van der Waals surface area contributed by atoms with Crippen LogP contribution in [-0.4, -0.2) is 24.8 Å². The highest BCUT2D eigenvalue weighted by molar-refractivity contribution is 7.86. The number of benzene rings is 2. The number of aromatic nitrogens is 1. The van der Waals surface area contributed by atoms with E-state index in [2.05, 4.69) is 9.98 Å². The Kier molecular flexibility index (Phi) is 5.42. The molecule has 4 rings (SSSR count). The second-order valence-electron chi connectivity index (χ2n) is 6.90. The van der Waals surface area contributed by atoms with E-state index in [0.29, 0.717) is 12.1 Å². The number of pyridine rings is 1. The third kappa shape index (κ3) is 4.00. The molecule has 0 saturated carbocycles. The van der Waals surface area contributed by atoms with Gasteiger partial charge >= 0.3 is 6.18 Å². The molecule has 1 aliphatic rings. The molecular formula is C22H19F3N3OS+. The van der Waals surface area contributed by atoms with E-state index in [0.717, 1.165) is 39.8 Å². The molecule has 0 fully saturated rings. The first-order valence-electron chi connectivity index (χ1n) is 9.30. The lowest BCUT2D eigenvalue weighted by atomic mass is 10.0. The fourth-order valence-corrected chi connectivity index (χ4v) is 4.82. The predicted octanol–water partition coefficient (Wildman–Crippen LogP) is 4.85. The number of fused-ring (bicyclic) bond motifs is 1. The molecule has 0 N–H and O–H groups in total. The van der Waals surface area contributed by atoms with Crippen molar-refractivity contribution in [3.8, 4) is 11.1 Å². The molecule has 0 saturated heterocycles. The van der Waals surface area contributed by atoms with E-state index in [9.17, 15) is 17.4 Å². The maximum atomic E-state index is 13.1. The fourth-order valence-electron chi connectivity index (χ4n) is 3.46. The predicted molar refractivity (Wildman–Crippen MR) is 113 cm³/mol. The second kappa shape index (κ2) is 8.02. The van der Waals surface area contributed by atoms with E-state index in [1.807, 2.05) is 46.8 Å². The highest BCUT2D eigenvalue weighted by Gasteiger charge is 2.32. The average Bonchev–Trinajstić information content (AvgIpc) is 3.17. The van der Waals surface area contributed by atoms with Gasteiger partial charge in [-0.2, -0.15) is 17.5 Å². The maximum Gasteiger partial charge on any atom is 0.433 e. The number of anilines is 1. The molecule has 1 aromatic heterocycles. The first-order valence-corrected chi connectivity index (χ1v) is 10.5. The molecule has 8 heteroatoms. The maximum absolute atomic E-state index is 13.1. The van der Waals surface area contributed by atoms with Gasteiger partial charge in [0.2, 0.25) is 0 Å². The van der Waals surface area contributed by atoms with Crippen molar-refractivity contribution in [3.05, 3.63) is 77.6 Å². The van der Waals surface area contributed by atoms with Crippen molar-refractivity contribution in [3.63, 3.8) is 0 Å². The van der Waals surface area contributed by atoms with E-state index in [-0.39, 0.29) is 0 Å². The van der Waals surface area contributed by atoms with Gasteiger partial charge in [0.15, 0.2) is 15.9 Å². The van der Waals surface area contributed by atoms with Crippen LogP contribution in [0.4, 0.5) is 18.9 Å². The Morgan fingerprint density at radius 2 is 1.80 bits per heavy atom. The van der Waals surface area contributed by atoms with Gasteiger partial charge in [0.25, 0.3) is 0 Å². The molecule has 1 aliphatic heterocycles. The molecule has 154 valence electrons. The van der Waals surface area contributed by atoms with Crippen molar-refractivity contribution < 1.29 is 17.4 Å². The van der Waals surface area contributed by atoms with Gasteiger partial charge in [-0.25, -0.2) is 0 Å². The zero-order chi connectivity index (χ0) is 21.3. The molecule has 1 atom stereocenters. The Balaban J connectivity index is 1.57. The van der Waals surface area contributed by atoms with Gasteiger partial charge in [0, 0.05) is 25.0 Å². The highest BCUT2D eigenvalue weighted by Crippen LogP contribution is 2.35. The van der Waals surface area contributed by atoms with Crippen LogP contribution in [-0.2, 0) is 27.8 Å². The SMILES string of the molecule is CN=Cc1ccc([SH+](=O)N2CCc3cc(-c4ccc(C(F)(F)F)nc4)ccc32)cc1. The van der Waals surface area contributed by atoms with Crippen LogP contribution < -0.4 is 4.31 Å². The summed E-state index contributed by atoms with van der Waals surface area (Å²) < 4.78 is 53.1. The van der Waals surface area contributed by atoms with Crippen molar-refractivity contribution in [1.29, 1.82) is 0 Å². The van der Waals surface area contributed by atoms with Gasteiger partial charge in [0.05, 0.1) is 12.2 Å². The first-order chi connectivity index (χ1) is 14.4. The molecule has 0 bridgehead atoms. The lowest BCUT2D eigenvalue weighted by Gasteiger charge is -2.13. The first kappa shape index (κ1) is 20.3. The normalized spacial score (nSPS) is 14.9. The van der Waals surface area contributed by atoms with Crippen LogP contribution in [0, 0.1) is 0 Å². The van der Waals surface area contributed by atoms with Crippen LogP contribution in [0.3, 0.4) is 0 Å². The Bertz CT molecular complexity index is 1110. The van der Waals surface area contributed by atoms with E-state index in [1.165, 1.54) is 12.3 Å². The van der Waals surface area contributed by atoms with Crippen molar-refractivity contribution in [2.45, 2.75) is 17.5 Å². The highest BCUT2D eigenvalue weighted by atomic mass is 32.2. The summed E-state index contributed by atoms with van der Waals surface area (Å²) in [5.74, 6) is 0. The van der Waals surface area contributed by atoms with Gasteiger partial charge in [-0.15, -0.1) is 0 Å². The Morgan fingerprint density at radius 1 is 1.07 bits per heavy atom. The Morgan fingerprint density at radius 3 is 2.43 bits per heavy atom. The zero-order valence-electron chi connectivity index (χ0n) is 16.1. The van der Waals surface area contributed by atoms with E-state index in [1.54, 1.807) is 13.3 Å². The summed E-state index contributed by atoms with van der Waals surface area (Å²) in [6.07, 6.45) is -0.763. The molecule has 0 spiro atoms. The summed E-state index contributed by atoms with van der Waals surface area (Å²) in [5, 5.41) is 0. The van der Waals surface area contributed by atoms with Gasteiger partial charge < -0.3 is 0 Å². The number of aliphatic imine (C=N–C) groups is 1. The number of hydrogen-bond donors (Lipinski definition) is 0. The smallest absolute Gasteiger partial charge is 0.296 e. The van der Waals surface area contributed by atoms with Crippen LogP contribution in [0.15, 0.2) is 70.7 Å². The topological polar surface area (TPSA) is 45.6 Å². The van der Waals surface area contributed by atoms with Gasteiger partial charge in [-0.3, -0.25) is 9.98 Å². The van der Waals surface area contributed by atoms with E-state index >= 15 is 0 Å². The van der Waals surface area contributed by atoms with Crippen LogP contribution in [0.25, 0.3) is 11.1 Å².